The molecule has 0 aliphatic heterocycles. The topological polar surface area (TPSA) is 91.8 Å². The summed E-state index contributed by atoms with van der Waals surface area (Å²) >= 11 is 0. The van der Waals surface area contributed by atoms with Crippen molar-refractivity contribution in [1.82, 2.24) is 34.2 Å². The Balaban J connectivity index is 1.56. The number of alkyl halides is 3. The molecule has 1 unspecified atom stereocenters. The van der Waals surface area contributed by atoms with Crippen LogP contribution >= 0.6 is 0 Å². The van der Waals surface area contributed by atoms with Crippen LogP contribution in [0.15, 0.2) is 67.4 Å². The monoisotopic (exact) mass is 466 g/mol. The second-order valence-electron chi connectivity index (χ2n) is 7.97. The van der Waals surface area contributed by atoms with Crippen LogP contribution in [0.4, 0.5) is 19.1 Å². The Bertz CT molecular complexity index is 1430. The summed E-state index contributed by atoms with van der Waals surface area (Å²) in [5.41, 5.74) is 10.0. The molecule has 1 aromatic carbocycles. The lowest BCUT2D eigenvalue weighted by atomic mass is 10.0. The highest BCUT2D eigenvalue weighted by Crippen LogP contribution is 2.31. The normalized spacial score (nSPS) is 12.9. The van der Waals surface area contributed by atoms with Crippen molar-refractivity contribution < 1.29 is 13.2 Å². The van der Waals surface area contributed by atoms with Crippen molar-refractivity contribution in [1.29, 1.82) is 0 Å². The van der Waals surface area contributed by atoms with E-state index in [0.717, 1.165) is 27.8 Å². The standard InChI is InChI=1S/C23H21F3N8/c1-2-20(15-6-4-3-5-7-15)33-13-17(9-29-33)16-8-19(21-30-22(27)31-34(21)12-16)18-10-28-32(11-18)14-23(24,25)26/h3-13,20H,2,14H2,1H3,(H2,27,31). The fraction of sp³-hybridized carbons (Fsp3) is 0.217. The second-order valence-corrected chi connectivity index (χ2v) is 7.97. The van der Waals surface area contributed by atoms with Crippen LogP contribution < -0.4 is 5.73 Å². The molecule has 4 heterocycles. The third-order valence-electron chi connectivity index (χ3n) is 5.56. The Morgan fingerprint density at radius 2 is 1.74 bits per heavy atom. The maximum absolute atomic E-state index is 12.8. The van der Waals surface area contributed by atoms with Crippen molar-refractivity contribution in [3.63, 3.8) is 0 Å². The molecular formula is C23H21F3N8. The van der Waals surface area contributed by atoms with E-state index in [4.69, 9.17) is 5.73 Å². The van der Waals surface area contributed by atoms with E-state index in [0.29, 0.717) is 16.8 Å². The zero-order valence-corrected chi connectivity index (χ0v) is 18.2. The van der Waals surface area contributed by atoms with Gasteiger partial charge in [0.1, 0.15) is 6.54 Å². The smallest absolute Gasteiger partial charge is 0.366 e. The number of benzene rings is 1. The highest BCUT2D eigenvalue weighted by atomic mass is 19.4. The summed E-state index contributed by atoms with van der Waals surface area (Å²) in [4.78, 5) is 4.24. The Kier molecular flexibility index (Phi) is 5.31. The first-order chi connectivity index (χ1) is 16.3. The fourth-order valence-electron chi connectivity index (χ4n) is 4.05. The molecule has 0 aliphatic rings. The first kappa shape index (κ1) is 21.7. The molecule has 2 N–H and O–H groups in total. The molecular weight excluding hydrogens is 445 g/mol. The largest absolute Gasteiger partial charge is 0.408 e. The molecule has 0 bridgehead atoms. The zero-order valence-electron chi connectivity index (χ0n) is 18.2. The predicted octanol–water partition coefficient (Wildman–Crippen LogP) is 4.60. The summed E-state index contributed by atoms with van der Waals surface area (Å²) in [5, 5.41) is 12.6. The van der Waals surface area contributed by atoms with Crippen LogP contribution in [-0.2, 0) is 6.54 Å². The van der Waals surface area contributed by atoms with Gasteiger partial charge in [-0.1, -0.05) is 37.3 Å². The molecule has 5 aromatic rings. The molecule has 174 valence electrons. The lowest BCUT2D eigenvalue weighted by molar-refractivity contribution is -0.142. The van der Waals surface area contributed by atoms with Crippen LogP contribution in [0.25, 0.3) is 27.9 Å². The molecule has 4 aromatic heterocycles. The summed E-state index contributed by atoms with van der Waals surface area (Å²) in [6.07, 6.45) is 4.66. The van der Waals surface area contributed by atoms with Gasteiger partial charge in [0.2, 0.25) is 5.95 Å². The maximum atomic E-state index is 12.8. The number of aromatic nitrogens is 7. The van der Waals surface area contributed by atoms with E-state index in [-0.39, 0.29) is 12.0 Å². The van der Waals surface area contributed by atoms with Crippen molar-refractivity contribution >= 4 is 11.6 Å². The van der Waals surface area contributed by atoms with Crippen LogP contribution in [0.1, 0.15) is 24.9 Å². The van der Waals surface area contributed by atoms with Crippen molar-refractivity contribution in [3.8, 4) is 22.3 Å². The number of rotatable bonds is 6. The quantitative estimate of drug-likeness (QED) is 0.395. The minimum Gasteiger partial charge on any atom is -0.366 e. The third kappa shape index (κ3) is 4.24. The van der Waals surface area contributed by atoms with E-state index in [2.05, 4.69) is 39.3 Å². The highest BCUT2D eigenvalue weighted by Gasteiger charge is 2.28. The summed E-state index contributed by atoms with van der Waals surface area (Å²) in [5.74, 6) is 0.0619. The van der Waals surface area contributed by atoms with E-state index in [9.17, 15) is 13.2 Å². The minimum atomic E-state index is -4.37. The lowest BCUT2D eigenvalue weighted by Crippen LogP contribution is -2.17. The molecule has 0 amide bonds. The van der Waals surface area contributed by atoms with Crippen molar-refractivity contribution in [2.75, 3.05) is 5.73 Å². The average Bonchev–Trinajstić information content (AvgIpc) is 3.53. The number of halogens is 3. The Hall–Kier alpha value is -4.15. The average molecular weight is 466 g/mol. The van der Waals surface area contributed by atoms with E-state index in [1.807, 2.05) is 35.1 Å². The van der Waals surface area contributed by atoms with Crippen molar-refractivity contribution in [3.05, 3.63) is 72.9 Å². The molecule has 5 rings (SSSR count). The van der Waals surface area contributed by atoms with E-state index >= 15 is 0 Å². The highest BCUT2D eigenvalue weighted by molar-refractivity contribution is 5.81. The number of hydrogen-bond donors (Lipinski definition) is 1. The Morgan fingerprint density at radius 3 is 2.47 bits per heavy atom. The Morgan fingerprint density at radius 1 is 0.971 bits per heavy atom. The third-order valence-corrected chi connectivity index (χ3v) is 5.56. The number of fused-ring (bicyclic) bond motifs is 1. The molecule has 0 spiro atoms. The van der Waals surface area contributed by atoms with Crippen LogP contribution in [0.2, 0.25) is 0 Å². The Labute approximate surface area is 192 Å². The van der Waals surface area contributed by atoms with Gasteiger partial charge >= 0.3 is 6.18 Å². The van der Waals surface area contributed by atoms with Gasteiger partial charge in [0.05, 0.1) is 18.4 Å². The fourth-order valence-corrected chi connectivity index (χ4v) is 4.05. The van der Waals surface area contributed by atoms with Crippen LogP contribution in [0.5, 0.6) is 0 Å². The molecule has 1 atom stereocenters. The summed E-state index contributed by atoms with van der Waals surface area (Å²) in [6, 6.07) is 12.0. The molecule has 34 heavy (non-hydrogen) atoms. The summed E-state index contributed by atoms with van der Waals surface area (Å²) < 4.78 is 42.7. The van der Waals surface area contributed by atoms with Crippen LogP contribution in [-0.4, -0.2) is 40.3 Å². The summed E-state index contributed by atoms with van der Waals surface area (Å²) in [7, 11) is 0. The van der Waals surface area contributed by atoms with Gasteiger partial charge in [0.15, 0.2) is 5.65 Å². The van der Waals surface area contributed by atoms with Crippen molar-refractivity contribution in [2.45, 2.75) is 32.1 Å². The first-order valence-electron chi connectivity index (χ1n) is 10.7. The molecule has 0 fully saturated rings. The van der Waals surface area contributed by atoms with Gasteiger partial charge in [-0.05, 0) is 18.1 Å². The second kappa shape index (κ2) is 8.32. The zero-order chi connectivity index (χ0) is 23.9. The number of nitrogen functional groups attached to an aromatic ring is 1. The van der Waals surface area contributed by atoms with Gasteiger partial charge < -0.3 is 5.73 Å². The van der Waals surface area contributed by atoms with Gasteiger partial charge in [0.25, 0.3) is 0 Å². The minimum absolute atomic E-state index is 0.0619. The molecule has 0 saturated heterocycles. The van der Waals surface area contributed by atoms with E-state index < -0.39 is 12.7 Å². The molecule has 0 saturated carbocycles. The maximum Gasteiger partial charge on any atom is 0.408 e. The van der Waals surface area contributed by atoms with Gasteiger partial charge in [-0.25, -0.2) is 4.52 Å². The SMILES string of the molecule is CCC(c1ccccc1)n1cc(-c2cc(-c3cnn(CC(F)(F)F)c3)c3nc(N)nn3c2)cn1. The number of anilines is 1. The molecule has 11 heteroatoms. The van der Waals surface area contributed by atoms with Crippen LogP contribution in [0.3, 0.4) is 0 Å². The molecule has 0 aliphatic carbocycles. The predicted molar refractivity (Wildman–Crippen MR) is 121 cm³/mol. The number of hydrogen-bond acceptors (Lipinski definition) is 5. The number of pyridine rings is 1. The van der Waals surface area contributed by atoms with Gasteiger partial charge in [0, 0.05) is 40.8 Å². The number of nitrogens with two attached hydrogens (primary N) is 1. The van der Waals surface area contributed by atoms with Gasteiger partial charge in [-0.3, -0.25) is 9.36 Å². The molecule has 0 radical (unpaired) electrons. The van der Waals surface area contributed by atoms with E-state index in [1.54, 1.807) is 12.4 Å². The van der Waals surface area contributed by atoms with Crippen LogP contribution in [0, 0.1) is 0 Å². The summed E-state index contributed by atoms with van der Waals surface area (Å²) in [6.45, 7) is 0.919. The van der Waals surface area contributed by atoms with Gasteiger partial charge in [-0.2, -0.15) is 28.4 Å². The first-order valence-corrected chi connectivity index (χ1v) is 10.7. The van der Waals surface area contributed by atoms with E-state index in [1.165, 1.54) is 16.9 Å². The van der Waals surface area contributed by atoms with Crippen molar-refractivity contribution in [2.24, 2.45) is 0 Å². The number of nitrogens with zero attached hydrogens (tertiary/aromatic N) is 7. The lowest BCUT2D eigenvalue weighted by Gasteiger charge is -2.15. The van der Waals surface area contributed by atoms with Gasteiger partial charge in [-0.15, -0.1) is 5.10 Å². The molecule has 8 nitrogen and oxygen atoms in total.